The van der Waals surface area contributed by atoms with Crippen LogP contribution in [0.4, 0.5) is 0 Å². The standard InChI is InChI=1S/C19H33N3/c1-19(2,3)18-17-14(12-13-20)8-7-11-16(17)22(21-18)15-9-5-4-6-10-15/h14-15H,4-13,20H2,1-3H3. The van der Waals surface area contributed by atoms with Crippen molar-refractivity contribution >= 4 is 0 Å². The number of nitrogens with zero attached hydrogens (tertiary/aromatic N) is 2. The van der Waals surface area contributed by atoms with E-state index in [2.05, 4.69) is 25.5 Å². The van der Waals surface area contributed by atoms with Gasteiger partial charge in [-0.1, -0.05) is 40.0 Å². The zero-order valence-corrected chi connectivity index (χ0v) is 14.7. The van der Waals surface area contributed by atoms with Crippen molar-refractivity contribution in [3.63, 3.8) is 0 Å². The molecule has 3 nitrogen and oxygen atoms in total. The zero-order chi connectivity index (χ0) is 15.7. The Labute approximate surface area is 135 Å². The van der Waals surface area contributed by atoms with E-state index in [4.69, 9.17) is 10.8 Å². The van der Waals surface area contributed by atoms with Crippen LogP contribution in [0.3, 0.4) is 0 Å². The predicted molar refractivity (Wildman–Crippen MR) is 92.4 cm³/mol. The van der Waals surface area contributed by atoms with E-state index in [1.807, 2.05) is 0 Å². The van der Waals surface area contributed by atoms with Gasteiger partial charge in [-0.3, -0.25) is 4.68 Å². The normalized spacial score (nSPS) is 23.5. The Hall–Kier alpha value is -0.830. The van der Waals surface area contributed by atoms with E-state index in [9.17, 15) is 0 Å². The van der Waals surface area contributed by atoms with Gasteiger partial charge in [-0.15, -0.1) is 0 Å². The second-order valence-electron chi connectivity index (χ2n) is 8.36. The van der Waals surface area contributed by atoms with Crippen LogP contribution in [-0.2, 0) is 11.8 Å². The van der Waals surface area contributed by atoms with Crippen LogP contribution in [0.1, 0.15) is 101 Å². The number of aromatic nitrogens is 2. The highest BCUT2D eigenvalue weighted by atomic mass is 15.3. The molecule has 1 atom stereocenters. The molecule has 0 bridgehead atoms. The molecule has 1 aromatic rings. The molecule has 0 saturated heterocycles. The highest BCUT2D eigenvalue weighted by Crippen LogP contribution is 2.42. The van der Waals surface area contributed by atoms with Gasteiger partial charge in [-0.25, -0.2) is 0 Å². The van der Waals surface area contributed by atoms with E-state index in [-0.39, 0.29) is 5.41 Å². The topological polar surface area (TPSA) is 43.8 Å². The third kappa shape index (κ3) is 2.97. The number of fused-ring (bicyclic) bond motifs is 1. The number of hydrogen-bond acceptors (Lipinski definition) is 2. The molecule has 0 amide bonds. The van der Waals surface area contributed by atoms with E-state index < -0.39 is 0 Å². The summed E-state index contributed by atoms with van der Waals surface area (Å²) in [5.74, 6) is 0.639. The van der Waals surface area contributed by atoms with Crippen molar-refractivity contribution in [3.8, 4) is 0 Å². The van der Waals surface area contributed by atoms with E-state index in [1.165, 1.54) is 57.1 Å². The largest absolute Gasteiger partial charge is 0.330 e. The number of rotatable bonds is 3. The summed E-state index contributed by atoms with van der Waals surface area (Å²) in [4.78, 5) is 0. The summed E-state index contributed by atoms with van der Waals surface area (Å²) < 4.78 is 2.46. The average Bonchev–Trinajstić information content (AvgIpc) is 2.89. The molecule has 1 saturated carbocycles. The molecular formula is C19H33N3. The van der Waals surface area contributed by atoms with Crippen molar-refractivity contribution in [1.82, 2.24) is 9.78 Å². The van der Waals surface area contributed by atoms with Crippen molar-refractivity contribution in [2.75, 3.05) is 6.54 Å². The summed E-state index contributed by atoms with van der Waals surface area (Å²) in [5.41, 5.74) is 10.5. The smallest absolute Gasteiger partial charge is 0.0715 e. The molecule has 3 heteroatoms. The molecule has 1 unspecified atom stereocenters. The van der Waals surface area contributed by atoms with Crippen LogP contribution in [0.5, 0.6) is 0 Å². The third-order valence-electron chi connectivity index (χ3n) is 5.57. The van der Waals surface area contributed by atoms with E-state index >= 15 is 0 Å². The van der Waals surface area contributed by atoms with Crippen molar-refractivity contribution < 1.29 is 0 Å². The molecule has 0 aliphatic heterocycles. The first-order valence-electron chi connectivity index (χ1n) is 9.34. The minimum absolute atomic E-state index is 0.133. The quantitative estimate of drug-likeness (QED) is 0.896. The van der Waals surface area contributed by atoms with Crippen molar-refractivity contribution in [3.05, 3.63) is 17.0 Å². The molecule has 1 aromatic heterocycles. The van der Waals surface area contributed by atoms with Gasteiger partial charge in [0.2, 0.25) is 0 Å². The van der Waals surface area contributed by atoms with Gasteiger partial charge in [0.1, 0.15) is 0 Å². The van der Waals surface area contributed by atoms with Gasteiger partial charge in [0.15, 0.2) is 0 Å². The highest BCUT2D eigenvalue weighted by Gasteiger charge is 2.34. The second kappa shape index (κ2) is 6.35. The first-order valence-corrected chi connectivity index (χ1v) is 9.34. The monoisotopic (exact) mass is 303 g/mol. The van der Waals surface area contributed by atoms with Gasteiger partial charge >= 0.3 is 0 Å². The number of nitrogens with two attached hydrogens (primary N) is 1. The van der Waals surface area contributed by atoms with Crippen LogP contribution in [0, 0.1) is 0 Å². The van der Waals surface area contributed by atoms with Crippen LogP contribution >= 0.6 is 0 Å². The maximum atomic E-state index is 5.90. The van der Waals surface area contributed by atoms with Crippen molar-refractivity contribution in [2.45, 2.75) is 95.9 Å². The molecule has 1 heterocycles. The second-order valence-corrected chi connectivity index (χ2v) is 8.36. The molecule has 124 valence electrons. The Bertz CT molecular complexity index is 503. The van der Waals surface area contributed by atoms with Crippen LogP contribution in [0.2, 0.25) is 0 Å². The first kappa shape index (κ1) is 16.0. The molecule has 0 spiro atoms. The minimum Gasteiger partial charge on any atom is -0.330 e. The summed E-state index contributed by atoms with van der Waals surface area (Å²) >= 11 is 0. The maximum Gasteiger partial charge on any atom is 0.0715 e. The van der Waals surface area contributed by atoms with Gasteiger partial charge in [0, 0.05) is 16.7 Å². The SMILES string of the molecule is CC(C)(C)c1nn(C2CCCCC2)c2c1C(CCN)CCC2. The van der Waals surface area contributed by atoms with Crippen molar-refractivity contribution in [1.29, 1.82) is 0 Å². The summed E-state index contributed by atoms with van der Waals surface area (Å²) in [6.07, 6.45) is 11.7. The first-order chi connectivity index (χ1) is 10.5. The molecule has 0 aromatic carbocycles. The number of hydrogen-bond donors (Lipinski definition) is 1. The van der Waals surface area contributed by atoms with Crippen LogP contribution in [-0.4, -0.2) is 16.3 Å². The molecular weight excluding hydrogens is 270 g/mol. The van der Waals surface area contributed by atoms with Crippen molar-refractivity contribution in [2.24, 2.45) is 5.73 Å². The summed E-state index contributed by atoms with van der Waals surface area (Å²) in [6, 6.07) is 0.648. The molecule has 22 heavy (non-hydrogen) atoms. The molecule has 0 radical (unpaired) electrons. The van der Waals surface area contributed by atoms with Gasteiger partial charge < -0.3 is 5.73 Å². The molecule has 2 aliphatic rings. The predicted octanol–water partition coefficient (Wildman–Crippen LogP) is 4.45. The van der Waals surface area contributed by atoms with Crippen LogP contribution in [0.15, 0.2) is 0 Å². The summed E-state index contributed by atoms with van der Waals surface area (Å²) in [5, 5.41) is 5.20. The molecule has 3 rings (SSSR count). The Balaban J connectivity index is 2.05. The Morgan fingerprint density at radius 1 is 1.09 bits per heavy atom. The van der Waals surface area contributed by atoms with Gasteiger partial charge in [0.25, 0.3) is 0 Å². The zero-order valence-electron chi connectivity index (χ0n) is 14.7. The lowest BCUT2D eigenvalue weighted by atomic mass is 9.77. The van der Waals surface area contributed by atoms with Crippen LogP contribution in [0.25, 0.3) is 0 Å². The maximum absolute atomic E-state index is 5.90. The van der Waals surface area contributed by atoms with Crippen LogP contribution < -0.4 is 5.73 Å². The summed E-state index contributed by atoms with van der Waals surface area (Å²) in [7, 11) is 0. The van der Waals surface area contributed by atoms with E-state index in [1.54, 1.807) is 11.3 Å². The highest BCUT2D eigenvalue weighted by molar-refractivity contribution is 5.37. The average molecular weight is 303 g/mol. The Kier molecular flexibility index (Phi) is 4.63. The van der Waals surface area contributed by atoms with E-state index in [0.717, 1.165) is 13.0 Å². The lowest BCUT2D eigenvalue weighted by molar-refractivity contribution is 0.316. The molecule has 1 fully saturated rings. The van der Waals surface area contributed by atoms with Gasteiger partial charge in [-0.05, 0) is 51.0 Å². The molecule has 2 aliphatic carbocycles. The fraction of sp³-hybridized carbons (Fsp3) is 0.842. The fourth-order valence-electron chi connectivity index (χ4n) is 4.49. The summed E-state index contributed by atoms with van der Waals surface area (Å²) in [6.45, 7) is 7.74. The lowest BCUT2D eigenvalue weighted by Crippen LogP contribution is -2.20. The third-order valence-corrected chi connectivity index (χ3v) is 5.57. The Morgan fingerprint density at radius 2 is 1.82 bits per heavy atom. The molecule has 2 N–H and O–H groups in total. The minimum atomic E-state index is 0.133. The Morgan fingerprint density at radius 3 is 2.45 bits per heavy atom. The van der Waals surface area contributed by atoms with Gasteiger partial charge in [0.05, 0.1) is 11.7 Å². The lowest BCUT2D eigenvalue weighted by Gasteiger charge is -2.28. The van der Waals surface area contributed by atoms with Gasteiger partial charge in [-0.2, -0.15) is 5.10 Å². The van der Waals surface area contributed by atoms with E-state index in [0.29, 0.717) is 12.0 Å². The fourth-order valence-corrected chi connectivity index (χ4v) is 4.49.